The fourth-order valence-corrected chi connectivity index (χ4v) is 3.58. The van der Waals surface area contributed by atoms with E-state index >= 15 is 0 Å². The van der Waals surface area contributed by atoms with Crippen molar-refractivity contribution in [3.8, 4) is 0 Å². The predicted octanol–water partition coefficient (Wildman–Crippen LogP) is 2.85. The second-order valence-electron chi connectivity index (χ2n) is 5.84. The molecule has 1 heterocycles. The molecule has 2 rings (SSSR count). The summed E-state index contributed by atoms with van der Waals surface area (Å²) in [4.78, 5) is 17.0. The van der Waals surface area contributed by atoms with E-state index in [1.807, 2.05) is 13.8 Å². The Bertz CT molecular complexity index is 466. The molecular formula is C14H24N4OS. The van der Waals surface area contributed by atoms with Gasteiger partial charge in [0.1, 0.15) is 10.7 Å². The number of hydrogen-bond donors (Lipinski definition) is 3. The molecule has 0 saturated heterocycles. The van der Waals surface area contributed by atoms with Crippen LogP contribution in [0.4, 0.5) is 10.9 Å². The molecule has 1 unspecified atom stereocenters. The molecule has 6 heteroatoms. The number of nitrogens with zero attached hydrogens (tertiary/aromatic N) is 1. The molecule has 1 aromatic heterocycles. The third-order valence-electron chi connectivity index (χ3n) is 3.74. The number of thiazole rings is 1. The molecule has 0 spiro atoms. The van der Waals surface area contributed by atoms with E-state index in [4.69, 9.17) is 5.73 Å². The number of aromatic nitrogens is 1. The first-order chi connectivity index (χ1) is 9.47. The van der Waals surface area contributed by atoms with E-state index in [1.165, 1.54) is 37.0 Å². The molecule has 1 amide bonds. The average molecular weight is 296 g/mol. The highest BCUT2D eigenvalue weighted by atomic mass is 32.1. The molecular weight excluding hydrogens is 272 g/mol. The van der Waals surface area contributed by atoms with Crippen LogP contribution in [-0.4, -0.2) is 23.0 Å². The van der Waals surface area contributed by atoms with E-state index in [0.717, 1.165) is 0 Å². The molecule has 5 nitrogen and oxygen atoms in total. The Kier molecular flexibility index (Phi) is 4.86. The summed E-state index contributed by atoms with van der Waals surface area (Å²) in [6.07, 6.45) is 4.96. The maximum absolute atomic E-state index is 12.3. The molecule has 0 aliphatic heterocycles. The van der Waals surface area contributed by atoms with Crippen LogP contribution >= 0.6 is 11.3 Å². The molecule has 1 aliphatic rings. The van der Waals surface area contributed by atoms with Crippen LogP contribution in [0.5, 0.6) is 0 Å². The van der Waals surface area contributed by atoms with Crippen molar-refractivity contribution < 1.29 is 4.79 Å². The van der Waals surface area contributed by atoms with Gasteiger partial charge in [-0.1, -0.05) is 24.2 Å². The van der Waals surface area contributed by atoms with Gasteiger partial charge in [-0.3, -0.25) is 4.79 Å². The largest absolute Gasteiger partial charge is 0.382 e. The van der Waals surface area contributed by atoms with Gasteiger partial charge in [-0.2, -0.15) is 0 Å². The Hall–Kier alpha value is -1.30. The molecule has 1 atom stereocenters. The zero-order valence-corrected chi connectivity index (χ0v) is 13.2. The molecule has 1 aliphatic carbocycles. The number of nitrogen functional groups attached to an aromatic ring is 1. The molecule has 20 heavy (non-hydrogen) atoms. The van der Waals surface area contributed by atoms with Gasteiger partial charge in [0, 0.05) is 12.1 Å². The summed E-state index contributed by atoms with van der Waals surface area (Å²) in [6, 6.07) is 0.474. The van der Waals surface area contributed by atoms with Crippen molar-refractivity contribution in [2.75, 3.05) is 11.1 Å². The lowest BCUT2D eigenvalue weighted by Crippen LogP contribution is -2.37. The van der Waals surface area contributed by atoms with Gasteiger partial charge in [-0.15, -0.1) is 0 Å². The maximum Gasteiger partial charge on any atom is 0.265 e. The smallest absolute Gasteiger partial charge is 0.265 e. The SMILES string of the molecule is CC(C)Nc1nc(N)c(C(=O)NC(C)C2CCCC2)s1. The standard InChI is InChI=1S/C14H24N4OS/c1-8(2)16-14-18-12(15)11(20-14)13(19)17-9(3)10-6-4-5-7-10/h8-10H,4-7,15H2,1-3H3,(H,16,18)(H,17,19). The minimum atomic E-state index is -0.101. The summed E-state index contributed by atoms with van der Waals surface area (Å²) in [7, 11) is 0. The van der Waals surface area contributed by atoms with Gasteiger partial charge in [-0.25, -0.2) is 4.98 Å². The minimum absolute atomic E-state index is 0.101. The third-order valence-corrected chi connectivity index (χ3v) is 4.74. The molecule has 112 valence electrons. The van der Waals surface area contributed by atoms with Gasteiger partial charge < -0.3 is 16.4 Å². The zero-order valence-electron chi connectivity index (χ0n) is 12.4. The highest BCUT2D eigenvalue weighted by Crippen LogP contribution is 2.29. The van der Waals surface area contributed by atoms with Crippen LogP contribution in [0.3, 0.4) is 0 Å². The van der Waals surface area contributed by atoms with E-state index in [2.05, 4.69) is 22.5 Å². The van der Waals surface area contributed by atoms with Crippen molar-refractivity contribution in [1.82, 2.24) is 10.3 Å². The lowest BCUT2D eigenvalue weighted by Gasteiger charge is -2.19. The lowest BCUT2D eigenvalue weighted by atomic mass is 10.00. The van der Waals surface area contributed by atoms with Gasteiger partial charge in [0.25, 0.3) is 5.91 Å². The first kappa shape index (κ1) is 15.1. The van der Waals surface area contributed by atoms with Crippen LogP contribution in [0.15, 0.2) is 0 Å². The number of hydrogen-bond acceptors (Lipinski definition) is 5. The second kappa shape index (κ2) is 6.43. The number of rotatable bonds is 5. The van der Waals surface area contributed by atoms with Gasteiger partial charge in [0.05, 0.1) is 0 Å². The Morgan fingerprint density at radius 1 is 1.35 bits per heavy atom. The van der Waals surface area contributed by atoms with Crippen molar-refractivity contribution in [2.24, 2.45) is 5.92 Å². The quantitative estimate of drug-likeness (QED) is 0.780. The Morgan fingerprint density at radius 3 is 2.60 bits per heavy atom. The third kappa shape index (κ3) is 3.62. The molecule has 1 saturated carbocycles. The van der Waals surface area contributed by atoms with Crippen LogP contribution in [0.25, 0.3) is 0 Å². The summed E-state index contributed by atoms with van der Waals surface area (Å²) < 4.78 is 0. The second-order valence-corrected chi connectivity index (χ2v) is 6.84. The van der Waals surface area contributed by atoms with Gasteiger partial charge in [0.2, 0.25) is 0 Å². The highest BCUT2D eigenvalue weighted by Gasteiger charge is 2.25. The molecule has 0 aromatic carbocycles. The maximum atomic E-state index is 12.3. The monoisotopic (exact) mass is 296 g/mol. The Labute approximate surface area is 124 Å². The van der Waals surface area contributed by atoms with E-state index in [0.29, 0.717) is 21.7 Å². The Balaban J connectivity index is 1.99. The zero-order chi connectivity index (χ0) is 14.7. The predicted molar refractivity (Wildman–Crippen MR) is 84.2 cm³/mol. The lowest BCUT2D eigenvalue weighted by molar-refractivity contribution is 0.0932. The van der Waals surface area contributed by atoms with E-state index in [1.54, 1.807) is 0 Å². The van der Waals surface area contributed by atoms with Crippen LogP contribution in [0.1, 0.15) is 56.1 Å². The summed E-state index contributed by atoms with van der Waals surface area (Å²) in [5.74, 6) is 0.812. The topological polar surface area (TPSA) is 80.0 Å². The van der Waals surface area contributed by atoms with Crippen LogP contribution in [0, 0.1) is 5.92 Å². The molecule has 1 aromatic rings. The van der Waals surface area contributed by atoms with Crippen LogP contribution < -0.4 is 16.4 Å². The normalized spacial score (nSPS) is 17.4. The van der Waals surface area contributed by atoms with Crippen molar-refractivity contribution >= 4 is 28.2 Å². The number of nitrogens with one attached hydrogen (secondary N) is 2. The van der Waals surface area contributed by atoms with Gasteiger partial charge in [0.15, 0.2) is 5.13 Å². The van der Waals surface area contributed by atoms with Crippen molar-refractivity contribution in [3.63, 3.8) is 0 Å². The minimum Gasteiger partial charge on any atom is -0.382 e. The molecule has 1 fully saturated rings. The number of anilines is 2. The fraction of sp³-hybridized carbons (Fsp3) is 0.714. The van der Waals surface area contributed by atoms with E-state index in [-0.39, 0.29) is 18.0 Å². The van der Waals surface area contributed by atoms with E-state index in [9.17, 15) is 4.79 Å². The van der Waals surface area contributed by atoms with Gasteiger partial charge >= 0.3 is 0 Å². The van der Waals surface area contributed by atoms with Crippen molar-refractivity contribution in [3.05, 3.63) is 4.88 Å². The number of amides is 1. The number of nitrogens with two attached hydrogens (primary N) is 1. The number of carbonyl (C=O) groups is 1. The molecule has 4 N–H and O–H groups in total. The van der Waals surface area contributed by atoms with Crippen molar-refractivity contribution in [2.45, 2.75) is 58.5 Å². The average Bonchev–Trinajstić information content (AvgIpc) is 2.97. The number of carbonyl (C=O) groups excluding carboxylic acids is 1. The first-order valence-electron chi connectivity index (χ1n) is 7.31. The van der Waals surface area contributed by atoms with Gasteiger partial charge in [-0.05, 0) is 39.5 Å². The molecule has 0 radical (unpaired) electrons. The summed E-state index contributed by atoms with van der Waals surface area (Å²) in [6.45, 7) is 6.14. The highest BCUT2D eigenvalue weighted by molar-refractivity contribution is 7.18. The van der Waals surface area contributed by atoms with Crippen LogP contribution in [0.2, 0.25) is 0 Å². The Morgan fingerprint density at radius 2 is 2.00 bits per heavy atom. The van der Waals surface area contributed by atoms with Crippen molar-refractivity contribution in [1.29, 1.82) is 0 Å². The first-order valence-corrected chi connectivity index (χ1v) is 8.12. The summed E-state index contributed by atoms with van der Waals surface area (Å²) >= 11 is 1.32. The van der Waals surface area contributed by atoms with E-state index < -0.39 is 0 Å². The summed E-state index contributed by atoms with van der Waals surface area (Å²) in [5, 5.41) is 6.95. The molecule has 0 bridgehead atoms. The van der Waals surface area contributed by atoms with Crippen LogP contribution in [-0.2, 0) is 0 Å². The fourth-order valence-electron chi connectivity index (χ4n) is 2.65. The summed E-state index contributed by atoms with van der Waals surface area (Å²) in [5.41, 5.74) is 5.85.